The van der Waals surface area contributed by atoms with Gasteiger partial charge in [0.15, 0.2) is 0 Å². The highest BCUT2D eigenvalue weighted by Gasteiger charge is 2.18. The summed E-state index contributed by atoms with van der Waals surface area (Å²) < 4.78 is 21.4. The van der Waals surface area contributed by atoms with Gasteiger partial charge in [-0.25, -0.2) is 4.39 Å². The molecule has 4 rings (SSSR count). The molecule has 0 fully saturated rings. The minimum absolute atomic E-state index is 0.229. The fourth-order valence-corrected chi connectivity index (χ4v) is 4.36. The molecule has 1 heterocycles. The molecule has 3 aromatic carbocycles. The first-order valence-corrected chi connectivity index (χ1v) is 10.7. The number of aryl methyl sites for hydroxylation is 2. The van der Waals surface area contributed by atoms with Crippen LogP contribution in [0.3, 0.4) is 0 Å². The van der Waals surface area contributed by atoms with E-state index in [1.807, 2.05) is 44.2 Å². The van der Waals surface area contributed by atoms with Gasteiger partial charge in [-0.1, -0.05) is 44.2 Å². The van der Waals surface area contributed by atoms with Crippen molar-refractivity contribution >= 4 is 39.8 Å². The Morgan fingerprint density at radius 1 is 1.10 bits per heavy atom. The molecule has 0 bridgehead atoms. The molecule has 0 saturated heterocycles. The van der Waals surface area contributed by atoms with Crippen LogP contribution in [0.25, 0.3) is 33.6 Å². The molecule has 0 aliphatic heterocycles. The summed E-state index contributed by atoms with van der Waals surface area (Å²) >= 11 is 0. The van der Waals surface area contributed by atoms with E-state index in [0.29, 0.717) is 28.0 Å². The average molecular weight is 414 g/mol. The van der Waals surface area contributed by atoms with Gasteiger partial charge in [0.25, 0.3) is 0 Å². The number of halogens is 1. The second-order valence-corrected chi connectivity index (χ2v) is 8.84. The summed E-state index contributed by atoms with van der Waals surface area (Å²) in [7, 11) is 0. The van der Waals surface area contributed by atoms with Crippen molar-refractivity contribution in [3.05, 3.63) is 81.0 Å². The number of furan rings is 1. The Hall–Kier alpha value is -3.20. The molecule has 0 amide bonds. The second-order valence-electron chi connectivity index (χ2n) is 8.84. The molecule has 1 N–H and O–H groups in total. The molecule has 31 heavy (non-hydrogen) atoms. The molecule has 1 aromatic heterocycles. The zero-order valence-corrected chi connectivity index (χ0v) is 18.8. The van der Waals surface area contributed by atoms with Crippen molar-refractivity contribution < 1.29 is 8.81 Å². The number of hydrogen-bond acceptors (Lipinski definition) is 2. The zero-order valence-electron chi connectivity index (χ0n) is 18.8. The van der Waals surface area contributed by atoms with Crippen molar-refractivity contribution in [2.24, 2.45) is 5.92 Å². The third kappa shape index (κ3) is 3.81. The van der Waals surface area contributed by atoms with Gasteiger partial charge in [0.2, 0.25) is 0 Å². The molecule has 2 nitrogen and oxygen atoms in total. The summed E-state index contributed by atoms with van der Waals surface area (Å²) in [4.78, 5) is 0. The SMILES string of the molecule is C/C(c1cc(C)c(F)c2c1oc1cc(C)ccc12)=c1/ccc(CC(C)C)c/c1=C/C=N. The van der Waals surface area contributed by atoms with Gasteiger partial charge in [-0.05, 0) is 84.0 Å². The van der Waals surface area contributed by atoms with Gasteiger partial charge in [0.1, 0.15) is 17.0 Å². The number of nitrogens with one attached hydrogen (secondary N) is 1. The monoisotopic (exact) mass is 413 g/mol. The van der Waals surface area contributed by atoms with Crippen LogP contribution in [0.15, 0.2) is 46.9 Å². The number of rotatable bonds is 4. The maximum atomic E-state index is 15.2. The van der Waals surface area contributed by atoms with E-state index in [-0.39, 0.29) is 5.82 Å². The Morgan fingerprint density at radius 3 is 2.58 bits per heavy atom. The molecule has 4 aromatic rings. The van der Waals surface area contributed by atoms with Crippen LogP contribution in [-0.2, 0) is 6.42 Å². The summed E-state index contributed by atoms with van der Waals surface area (Å²) in [5, 5.41) is 11.0. The van der Waals surface area contributed by atoms with E-state index in [0.717, 1.165) is 38.9 Å². The number of hydrogen-bond donors (Lipinski definition) is 1. The van der Waals surface area contributed by atoms with E-state index in [1.54, 1.807) is 6.92 Å². The zero-order chi connectivity index (χ0) is 22.3. The highest BCUT2D eigenvalue weighted by atomic mass is 19.1. The lowest BCUT2D eigenvalue weighted by Crippen LogP contribution is -2.27. The van der Waals surface area contributed by atoms with Gasteiger partial charge in [0, 0.05) is 17.2 Å². The molecule has 0 atom stereocenters. The Balaban J connectivity index is 2.08. The van der Waals surface area contributed by atoms with Crippen LogP contribution in [-0.4, -0.2) is 6.21 Å². The first-order valence-electron chi connectivity index (χ1n) is 10.7. The predicted molar refractivity (Wildman–Crippen MR) is 129 cm³/mol. The largest absolute Gasteiger partial charge is 0.455 e. The van der Waals surface area contributed by atoms with Crippen molar-refractivity contribution in [3.63, 3.8) is 0 Å². The van der Waals surface area contributed by atoms with Crippen molar-refractivity contribution in [1.82, 2.24) is 0 Å². The summed E-state index contributed by atoms with van der Waals surface area (Å²) in [6, 6.07) is 14.2. The molecule has 0 saturated carbocycles. The van der Waals surface area contributed by atoms with Crippen LogP contribution < -0.4 is 10.4 Å². The van der Waals surface area contributed by atoms with E-state index in [1.165, 1.54) is 11.8 Å². The highest BCUT2D eigenvalue weighted by molar-refractivity contribution is 6.08. The van der Waals surface area contributed by atoms with Crippen molar-refractivity contribution in [2.45, 2.75) is 41.0 Å². The van der Waals surface area contributed by atoms with Crippen molar-refractivity contribution in [1.29, 1.82) is 5.41 Å². The van der Waals surface area contributed by atoms with Gasteiger partial charge in [-0.15, -0.1) is 0 Å². The summed E-state index contributed by atoms with van der Waals surface area (Å²) in [5.74, 6) is 0.329. The molecule has 3 heteroatoms. The molecule has 0 aliphatic rings. The minimum atomic E-state index is -0.229. The van der Waals surface area contributed by atoms with Gasteiger partial charge >= 0.3 is 0 Å². The van der Waals surface area contributed by atoms with E-state index < -0.39 is 0 Å². The summed E-state index contributed by atoms with van der Waals surface area (Å²) in [6.45, 7) is 10.3. The van der Waals surface area contributed by atoms with E-state index in [2.05, 4.69) is 32.0 Å². The Labute approximate surface area is 182 Å². The number of fused-ring (bicyclic) bond motifs is 3. The third-order valence-corrected chi connectivity index (χ3v) is 5.85. The van der Waals surface area contributed by atoms with Crippen LogP contribution in [0, 0.1) is 31.0 Å². The Morgan fingerprint density at radius 2 is 1.87 bits per heavy atom. The molecule has 0 spiro atoms. The quantitative estimate of drug-likeness (QED) is 0.398. The molecule has 0 unspecified atom stereocenters. The van der Waals surface area contributed by atoms with Crippen molar-refractivity contribution in [3.8, 4) is 0 Å². The molecule has 158 valence electrons. The third-order valence-electron chi connectivity index (χ3n) is 5.85. The molecule has 0 aliphatic carbocycles. The van der Waals surface area contributed by atoms with Crippen molar-refractivity contribution in [2.75, 3.05) is 0 Å². The molecular weight excluding hydrogens is 385 g/mol. The minimum Gasteiger partial charge on any atom is -0.455 e. The van der Waals surface area contributed by atoms with Gasteiger partial charge < -0.3 is 9.83 Å². The fourth-order valence-electron chi connectivity index (χ4n) is 4.36. The Kier molecular flexibility index (Phi) is 5.53. The first-order chi connectivity index (χ1) is 14.8. The van der Waals surface area contributed by atoms with E-state index in [9.17, 15) is 0 Å². The van der Waals surface area contributed by atoms with Gasteiger partial charge in [0.05, 0.1) is 5.39 Å². The molecule has 0 radical (unpaired) electrons. The van der Waals surface area contributed by atoms with Gasteiger partial charge in [-0.2, -0.15) is 0 Å². The average Bonchev–Trinajstić information content (AvgIpc) is 3.09. The standard InChI is InChI=1S/C28H28FNO/c1-16(2)12-20-7-9-22(21(15-20)10-11-30)19(5)24-14-18(4)27(29)26-23-8-6-17(3)13-25(23)31-28(24)26/h6-11,13-16,30H,12H2,1-5H3/b21-10-,22-19+,30-11?. The van der Waals surface area contributed by atoms with Crippen LogP contribution in [0.1, 0.15) is 43.0 Å². The maximum absolute atomic E-state index is 15.2. The van der Waals surface area contributed by atoms with Crippen LogP contribution in [0.2, 0.25) is 0 Å². The highest BCUT2D eigenvalue weighted by Crippen LogP contribution is 2.36. The van der Waals surface area contributed by atoms with E-state index >= 15 is 4.39 Å². The van der Waals surface area contributed by atoms with Crippen LogP contribution >= 0.6 is 0 Å². The smallest absolute Gasteiger partial charge is 0.145 e. The lowest BCUT2D eigenvalue weighted by molar-refractivity contribution is 0.625. The van der Waals surface area contributed by atoms with Gasteiger partial charge in [-0.3, -0.25) is 0 Å². The lowest BCUT2D eigenvalue weighted by Gasteiger charge is -2.09. The normalized spacial score (nSPS) is 13.5. The lowest BCUT2D eigenvalue weighted by atomic mass is 9.96. The Bertz CT molecular complexity index is 1440. The predicted octanol–water partition coefficient (Wildman–Crippen LogP) is 6.19. The summed E-state index contributed by atoms with van der Waals surface area (Å²) in [6.07, 6.45) is 4.12. The summed E-state index contributed by atoms with van der Waals surface area (Å²) in [5.41, 5.74) is 6.10. The number of benzene rings is 3. The topological polar surface area (TPSA) is 37.0 Å². The first kappa shape index (κ1) is 21.0. The maximum Gasteiger partial charge on any atom is 0.145 e. The fraction of sp³-hybridized carbons (Fsp3) is 0.250. The van der Waals surface area contributed by atoms with Crippen LogP contribution in [0.4, 0.5) is 4.39 Å². The van der Waals surface area contributed by atoms with Crippen LogP contribution in [0.5, 0.6) is 0 Å². The second kappa shape index (κ2) is 8.14. The van der Waals surface area contributed by atoms with E-state index in [4.69, 9.17) is 9.83 Å². The molecular formula is C28H28FNO.